The van der Waals surface area contributed by atoms with E-state index in [2.05, 4.69) is 4.98 Å². The topological polar surface area (TPSA) is 48.1 Å². The molecule has 2 aromatic rings. The van der Waals surface area contributed by atoms with Crippen molar-refractivity contribution in [3.05, 3.63) is 59.4 Å². The summed E-state index contributed by atoms with van der Waals surface area (Å²) in [5.74, 6) is 0.847. The zero-order chi connectivity index (χ0) is 13.8. The summed E-state index contributed by atoms with van der Waals surface area (Å²) >= 11 is 0. The predicted molar refractivity (Wildman–Crippen MR) is 77.2 cm³/mol. The third-order valence-corrected chi connectivity index (χ3v) is 2.90. The average molecular weight is 256 g/mol. The van der Waals surface area contributed by atoms with Gasteiger partial charge in [0, 0.05) is 17.5 Å². The standard InChI is InChI=1S/C16H20N2O/c1-11(2)19-15-7-5-4-6-14(15)16(17)13-8-9-18-12(3)10-13/h4-11,16H,17H2,1-3H3. The number of pyridine rings is 1. The van der Waals surface area contributed by atoms with Crippen molar-refractivity contribution in [2.45, 2.75) is 32.9 Å². The van der Waals surface area contributed by atoms with E-state index >= 15 is 0 Å². The van der Waals surface area contributed by atoms with Crippen LogP contribution in [0.2, 0.25) is 0 Å². The minimum Gasteiger partial charge on any atom is -0.491 e. The molecule has 1 heterocycles. The summed E-state index contributed by atoms with van der Waals surface area (Å²) < 4.78 is 5.82. The van der Waals surface area contributed by atoms with Crippen LogP contribution >= 0.6 is 0 Å². The largest absolute Gasteiger partial charge is 0.491 e. The van der Waals surface area contributed by atoms with Gasteiger partial charge in [-0.05, 0) is 44.5 Å². The maximum absolute atomic E-state index is 6.35. The first kappa shape index (κ1) is 13.6. The molecule has 1 atom stereocenters. The maximum atomic E-state index is 6.35. The van der Waals surface area contributed by atoms with Crippen molar-refractivity contribution < 1.29 is 4.74 Å². The lowest BCUT2D eigenvalue weighted by molar-refractivity contribution is 0.239. The van der Waals surface area contributed by atoms with Crippen molar-refractivity contribution in [3.8, 4) is 5.75 Å². The van der Waals surface area contributed by atoms with Gasteiger partial charge in [-0.25, -0.2) is 0 Å². The van der Waals surface area contributed by atoms with Crippen LogP contribution < -0.4 is 10.5 Å². The second-order valence-electron chi connectivity index (χ2n) is 4.91. The first-order chi connectivity index (χ1) is 9.08. The van der Waals surface area contributed by atoms with Crippen LogP contribution in [-0.4, -0.2) is 11.1 Å². The molecule has 1 aromatic heterocycles. The molecule has 0 saturated heterocycles. The van der Waals surface area contributed by atoms with Gasteiger partial charge in [0.05, 0.1) is 12.1 Å². The zero-order valence-electron chi connectivity index (χ0n) is 11.6. The smallest absolute Gasteiger partial charge is 0.124 e. The highest BCUT2D eigenvalue weighted by molar-refractivity contribution is 5.41. The molecular formula is C16H20N2O. The van der Waals surface area contributed by atoms with Gasteiger partial charge in [0.1, 0.15) is 5.75 Å². The van der Waals surface area contributed by atoms with E-state index in [0.717, 1.165) is 22.6 Å². The Hall–Kier alpha value is -1.87. The van der Waals surface area contributed by atoms with E-state index in [1.165, 1.54) is 0 Å². The van der Waals surface area contributed by atoms with Gasteiger partial charge in [0.2, 0.25) is 0 Å². The minimum absolute atomic E-state index is 0.132. The number of aryl methyl sites for hydroxylation is 1. The molecule has 0 amide bonds. The van der Waals surface area contributed by atoms with Crippen molar-refractivity contribution in [1.82, 2.24) is 4.98 Å². The Bertz CT molecular complexity index is 552. The second-order valence-corrected chi connectivity index (χ2v) is 4.91. The molecule has 0 aliphatic rings. The lowest BCUT2D eigenvalue weighted by atomic mass is 9.99. The van der Waals surface area contributed by atoms with E-state index in [-0.39, 0.29) is 12.1 Å². The molecule has 0 spiro atoms. The van der Waals surface area contributed by atoms with Gasteiger partial charge in [-0.3, -0.25) is 4.98 Å². The van der Waals surface area contributed by atoms with Crippen molar-refractivity contribution in [2.24, 2.45) is 5.73 Å². The third kappa shape index (κ3) is 3.32. The SMILES string of the molecule is Cc1cc(C(N)c2ccccc2OC(C)C)ccn1. The number of ether oxygens (including phenoxy) is 1. The number of nitrogens with zero attached hydrogens (tertiary/aromatic N) is 1. The lowest BCUT2D eigenvalue weighted by Gasteiger charge is -2.19. The number of aromatic nitrogens is 1. The fourth-order valence-corrected chi connectivity index (χ4v) is 2.04. The minimum atomic E-state index is -0.198. The van der Waals surface area contributed by atoms with Gasteiger partial charge >= 0.3 is 0 Å². The molecular weight excluding hydrogens is 236 g/mol. The van der Waals surface area contributed by atoms with Crippen LogP contribution in [0.5, 0.6) is 5.75 Å². The highest BCUT2D eigenvalue weighted by Crippen LogP contribution is 2.28. The Kier molecular flexibility index (Phi) is 4.17. The van der Waals surface area contributed by atoms with Crippen LogP contribution in [0.15, 0.2) is 42.6 Å². The highest BCUT2D eigenvalue weighted by atomic mass is 16.5. The Labute approximate surface area is 114 Å². The summed E-state index contributed by atoms with van der Waals surface area (Å²) in [6.45, 7) is 5.99. The molecule has 3 nitrogen and oxygen atoms in total. The van der Waals surface area contributed by atoms with Crippen LogP contribution in [0.25, 0.3) is 0 Å². The molecule has 100 valence electrons. The summed E-state index contributed by atoms with van der Waals surface area (Å²) in [4.78, 5) is 4.20. The van der Waals surface area contributed by atoms with E-state index < -0.39 is 0 Å². The third-order valence-electron chi connectivity index (χ3n) is 2.90. The van der Waals surface area contributed by atoms with Gasteiger partial charge in [-0.1, -0.05) is 18.2 Å². The molecule has 0 saturated carbocycles. The van der Waals surface area contributed by atoms with E-state index in [9.17, 15) is 0 Å². The fourth-order valence-electron chi connectivity index (χ4n) is 2.04. The molecule has 1 aromatic carbocycles. The number of hydrogen-bond donors (Lipinski definition) is 1. The molecule has 0 aliphatic carbocycles. The van der Waals surface area contributed by atoms with Crippen LogP contribution in [-0.2, 0) is 0 Å². The highest BCUT2D eigenvalue weighted by Gasteiger charge is 2.14. The summed E-state index contributed by atoms with van der Waals surface area (Å²) in [5.41, 5.74) is 9.37. The van der Waals surface area contributed by atoms with E-state index in [1.807, 2.05) is 57.2 Å². The molecule has 19 heavy (non-hydrogen) atoms. The maximum Gasteiger partial charge on any atom is 0.124 e. The molecule has 0 radical (unpaired) electrons. The van der Waals surface area contributed by atoms with Gasteiger partial charge in [0.15, 0.2) is 0 Å². The number of para-hydroxylation sites is 1. The quantitative estimate of drug-likeness (QED) is 0.913. The van der Waals surface area contributed by atoms with Crippen LogP contribution in [0.3, 0.4) is 0 Å². The number of hydrogen-bond acceptors (Lipinski definition) is 3. The van der Waals surface area contributed by atoms with Crippen molar-refractivity contribution in [3.63, 3.8) is 0 Å². The zero-order valence-corrected chi connectivity index (χ0v) is 11.6. The predicted octanol–water partition coefficient (Wildman–Crippen LogP) is 3.23. The molecule has 0 fully saturated rings. The first-order valence-electron chi connectivity index (χ1n) is 6.51. The fraction of sp³-hybridized carbons (Fsp3) is 0.312. The molecule has 3 heteroatoms. The van der Waals surface area contributed by atoms with Crippen LogP contribution in [0, 0.1) is 6.92 Å². The van der Waals surface area contributed by atoms with Gasteiger partial charge in [-0.15, -0.1) is 0 Å². The molecule has 2 rings (SSSR count). The van der Waals surface area contributed by atoms with Crippen LogP contribution in [0.4, 0.5) is 0 Å². The van der Waals surface area contributed by atoms with Gasteiger partial charge < -0.3 is 10.5 Å². The molecule has 0 bridgehead atoms. The molecule has 2 N–H and O–H groups in total. The van der Waals surface area contributed by atoms with E-state index in [0.29, 0.717) is 0 Å². The van der Waals surface area contributed by atoms with Crippen LogP contribution in [0.1, 0.15) is 36.7 Å². The first-order valence-corrected chi connectivity index (χ1v) is 6.51. The molecule has 1 unspecified atom stereocenters. The average Bonchev–Trinajstić information content (AvgIpc) is 2.38. The summed E-state index contributed by atoms with van der Waals surface area (Å²) in [7, 11) is 0. The summed E-state index contributed by atoms with van der Waals surface area (Å²) in [5, 5.41) is 0. The number of rotatable bonds is 4. The number of benzene rings is 1. The number of nitrogens with two attached hydrogens (primary N) is 1. The lowest BCUT2D eigenvalue weighted by Crippen LogP contribution is -2.15. The summed E-state index contributed by atoms with van der Waals surface area (Å²) in [6.07, 6.45) is 1.92. The van der Waals surface area contributed by atoms with E-state index in [1.54, 1.807) is 6.20 Å². The van der Waals surface area contributed by atoms with Gasteiger partial charge in [0.25, 0.3) is 0 Å². The Morgan fingerprint density at radius 1 is 1.16 bits per heavy atom. The Balaban J connectivity index is 2.35. The van der Waals surface area contributed by atoms with Gasteiger partial charge in [-0.2, -0.15) is 0 Å². The van der Waals surface area contributed by atoms with Crippen molar-refractivity contribution in [2.75, 3.05) is 0 Å². The normalized spacial score (nSPS) is 12.5. The van der Waals surface area contributed by atoms with Crippen molar-refractivity contribution in [1.29, 1.82) is 0 Å². The Morgan fingerprint density at radius 2 is 1.89 bits per heavy atom. The monoisotopic (exact) mass is 256 g/mol. The van der Waals surface area contributed by atoms with Crippen molar-refractivity contribution >= 4 is 0 Å². The second kappa shape index (κ2) is 5.85. The summed E-state index contributed by atoms with van der Waals surface area (Å²) in [6, 6.07) is 11.7. The Morgan fingerprint density at radius 3 is 2.58 bits per heavy atom. The van der Waals surface area contributed by atoms with E-state index in [4.69, 9.17) is 10.5 Å². The molecule has 0 aliphatic heterocycles.